The maximum absolute atomic E-state index is 10.7. The number of fused-ring (bicyclic) bond motifs is 1. The number of aromatic hydroxyl groups is 1. The van der Waals surface area contributed by atoms with Gasteiger partial charge in [-0.25, -0.2) is 4.79 Å². The number of carboxylic acids is 1. The monoisotopic (exact) mass is 210 g/mol. The highest BCUT2D eigenvalue weighted by Crippen LogP contribution is 2.29. The van der Waals surface area contributed by atoms with Gasteiger partial charge in [0.25, 0.3) is 0 Å². The zero-order valence-electron chi connectivity index (χ0n) is 7.18. The molecule has 0 saturated heterocycles. The Hall–Kier alpha value is -1.69. The van der Waals surface area contributed by atoms with E-state index in [-0.39, 0.29) is 16.8 Å². The lowest BCUT2D eigenvalue weighted by atomic mass is 10.1. The second-order valence-electron chi connectivity index (χ2n) is 2.86. The minimum atomic E-state index is -1.17. The lowest BCUT2D eigenvalue weighted by Gasteiger charge is -2.01. The molecule has 0 spiro atoms. The van der Waals surface area contributed by atoms with Crippen LogP contribution in [0.2, 0.25) is 0 Å². The molecular weight excluding hydrogens is 204 g/mol. The standard InChI is InChI=1S/C8H6N2O3S/c1-3-2-4(8(12)13)7(11)6-5(3)9-14-10-6/h2,11H,1H3,(H,12,13). The van der Waals surface area contributed by atoms with Gasteiger partial charge in [-0.2, -0.15) is 8.75 Å². The van der Waals surface area contributed by atoms with Crippen molar-refractivity contribution in [2.45, 2.75) is 6.92 Å². The summed E-state index contributed by atoms with van der Waals surface area (Å²) in [6.45, 7) is 1.73. The van der Waals surface area contributed by atoms with Gasteiger partial charge in [0.15, 0.2) is 5.75 Å². The van der Waals surface area contributed by atoms with Crippen LogP contribution in [0.25, 0.3) is 11.0 Å². The smallest absolute Gasteiger partial charge is 0.339 e. The number of rotatable bonds is 1. The number of hydrogen-bond donors (Lipinski definition) is 2. The van der Waals surface area contributed by atoms with Crippen LogP contribution in [0.15, 0.2) is 6.07 Å². The van der Waals surface area contributed by atoms with Crippen molar-refractivity contribution in [3.63, 3.8) is 0 Å². The zero-order valence-corrected chi connectivity index (χ0v) is 8.00. The molecule has 0 atom stereocenters. The molecule has 0 bridgehead atoms. The van der Waals surface area contributed by atoms with Crippen LogP contribution < -0.4 is 0 Å². The minimum absolute atomic E-state index is 0.136. The van der Waals surface area contributed by atoms with E-state index in [0.717, 1.165) is 11.7 Å². The van der Waals surface area contributed by atoms with Crippen molar-refractivity contribution in [1.82, 2.24) is 8.75 Å². The Morgan fingerprint density at radius 2 is 2.07 bits per heavy atom. The van der Waals surface area contributed by atoms with Gasteiger partial charge in [-0.05, 0) is 18.6 Å². The fourth-order valence-corrected chi connectivity index (χ4v) is 1.85. The Morgan fingerprint density at radius 3 is 2.71 bits per heavy atom. The summed E-state index contributed by atoms with van der Waals surface area (Å²) in [7, 11) is 0. The lowest BCUT2D eigenvalue weighted by molar-refractivity contribution is 0.0694. The Balaban J connectivity index is 2.88. The summed E-state index contributed by atoms with van der Waals surface area (Å²) in [6.07, 6.45) is 0. The summed E-state index contributed by atoms with van der Waals surface area (Å²) >= 11 is 0.949. The Labute approximate surface area is 83.0 Å². The number of aromatic nitrogens is 2. The number of phenols is 1. The highest BCUT2D eigenvalue weighted by atomic mass is 32.1. The van der Waals surface area contributed by atoms with Gasteiger partial charge in [-0.1, -0.05) is 0 Å². The van der Waals surface area contributed by atoms with Crippen LogP contribution in [0.4, 0.5) is 0 Å². The molecule has 14 heavy (non-hydrogen) atoms. The van der Waals surface area contributed by atoms with Gasteiger partial charge in [0.05, 0.1) is 11.7 Å². The molecular formula is C8H6N2O3S. The molecule has 0 unspecified atom stereocenters. The summed E-state index contributed by atoms with van der Waals surface area (Å²) < 4.78 is 7.80. The molecule has 0 radical (unpaired) electrons. The summed E-state index contributed by atoms with van der Waals surface area (Å²) in [5.74, 6) is -1.48. The van der Waals surface area contributed by atoms with E-state index in [1.54, 1.807) is 6.92 Å². The average molecular weight is 210 g/mol. The highest BCUT2D eigenvalue weighted by Gasteiger charge is 2.17. The third-order valence-corrected chi connectivity index (χ3v) is 2.46. The van der Waals surface area contributed by atoms with Gasteiger partial charge in [0, 0.05) is 0 Å². The van der Waals surface area contributed by atoms with Gasteiger partial charge in [0.1, 0.15) is 16.6 Å². The van der Waals surface area contributed by atoms with E-state index in [9.17, 15) is 9.90 Å². The van der Waals surface area contributed by atoms with Crippen molar-refractivity contribution in [3.05, 3.63) is 17.2 Å². The largest absolute Gasteiger partial charge is 0.505 e. The Bertz CT molecular complexity index is 521. The van der Waals surface area contributed by atoms with E-state index >= 15 is 0 Å². The Kier molecular flexibility index (Phi) is 1.85. The van der Waals surface area contributed by atoms with E-state index in [2.05, 4.69) is 8.75 Å². The molecule has 2 N–H and O–H groups in total. The molecule has 2 rings (SSSR count). The molecule has 0 fully saturated rings. The van der Waals surface area contributed by atoms with Gasteiger partial charge < -0.3 is 10.2 Å². The number of nitrogens with zero attached hydrogens (tertiary/aromatic N) is 2. The molecule has 6 heteroatoms. The molecule has 2 aromatic rings. The van der Waals surface area contributed by atoms with Crippen molar-refractivity contribution < 1.29 is 15.0 Å². The van der Waals surface area contributed by atoms with Crippen LogP contribution in [0.3, 0.4) is 0 Å². The third kappa shape index (κ3) is 1.12. The topological polar surface area (TPSA) is 83.3 Å². The molecule has 0 aliphatic heterocycles. The molecule has 1 aromatic heterocycles. The summed E-state index contributed by atoms with van der Waals surface area (Å²) in [4.78, 5) is 10.7. The number of hydrogen-bond acceptors (Lipinski definition) is 5. The predicted molar refractivity (Wildman–Crippen MR) is 50.8 cm³/mol. The zero-order chi connectivity index (χ0) is 10.3. The number of carboxylic acid groups (broad SMARTS) is 1. The maximum atomic E-state index is 10.7. The van der Waals surface area contributed by atoms with E-state index < -0.39 is 5.97 Å². The van der Waals surface area contributed by atoms with E-state index in [4.69, 9.17) is 5.11 Å². The number of carbonyl (C=O) groups is 1. The van der Waals surface area contributed by atoms with E-state index in [1.165, 1.54) is 6.07 Å². The average Bonchev–Trinajstić information content (AvgIpc) is 2.59. The molecule has 72 valence electrons. The molecule has 0 aliphatic rings. The van der Waals surface area contributed by atoms with Crippen LogP contribution in [0, 0.1) is 6.92 Å². The molecule has 0 aliphatic carbocycles. The second kappa shape index (κ2) is 2.91. The highest BCUT2D eigenvalue weighted by molar-refractivity contribution is 7.00. The van der Waals surface area contributed by atoms with Crippen LogP contribution in [-0.2, 0) is 0 Å². The molecule has 1 heterocycles. The van der Waals surface area contributed by atoms with Gasteiger partial charge in [-0.15, -0.1) is 0 Å². The van der Waals surface area contributed by atoms with E-state index in [1.807, 2.05) is 0 Å². The van der Waals surface area contributed by atoms with Crippen molar-refractivity contribution in [1.29, 1.82) is 0 Å². The van der Waals surface area contributed by atoms with Gasteiger partial charge in [0.2, 0.25) is 0 Å². The quantitative estimate of drug-likeness (QED) is 0.743. The maximum Gasteiger partial charge on any atom is 0.339 e. The van der Waals surface area contributed by atoms with Crippen molar-refractivity contribution >= 4 is 28.7 Å². The van der Waals surface area contributed by atoms with Crippen molar-refractivity contribution in [3.8, 4) is 5.75 Å². The molecule has 0 saturated carbocycles. The molecule has 5 nitrogen and oxygen atoms in total. The third-order valence-electron chi connectivity index (χ3n) is 1.93. The first-order valence-corrected chi connectivity index (χ1v) is 4.52. The van der Waals surface area contributed by atoms with Gasteiger partial charge in [-0.3, -0.25) is 0 Å². The molecule has 0 amide bonds. The van der Waals surface area contributed by atoms with Crippen LogP contribution >= 0.6 is 11.7 Å². The number of benzene rings is 1. The van der Waals surface area contributed by atoms with Crippen LogP contribution in [-0.4, -0.2) is 24.9 Å². The number of aryl methyl sites for hydroxylation is 1. The summed E-state index contributed by atoms with van der Waals surface area (Å²) in [5, 5.41) is 18.3. The number of aromatic carboxylic acids is 1. The summed E-state index contributed by atoms with van der Waals surface area (Å²) in [5.41, 5.74) is 1.37. The normalized spacial score (nSPS) is 10.6. The van der Waals surface area contributed by atoms with E-state index in [0.29, 0.717) is 11.1 Å². The summed E-state index contributed by atoms with van der Waals surface area (Å²) in [6, 6.07) is 1.39. The Morgan fingerprint density at radius 1 is 1.43 bits per heavy atom. The first kappa shape index (κ1) is 8.89. The SMILES string of the molecule is Cc1cc(C(=O)O)c(O)c2nsnc12. The van der Waals surface area contributed by atoms with Crippen molar-refractivity contribution in [2.75, 3.05) is 0 Å². The van der Waals surface area contributed by atoms with Crippen LogP contribution in [0.5, 0.6) is 5.75 Å². The minimum Gasteiger partial charge on any atom is -0.505 e. The lowest BCUT2D eigenvalue weighted by Crippen LogP contribution is -1.98. The fourth-order valence-electron chi connectivity index (χ4n) is 1.25. The van der Waals surface area contributed by atoms with Gasteiger partial charge >= 0.3 is 5.97 Å². The fraction of sp³-hybridized carbons (Fsp3) is 0.125. The molecule has 1 aromatic carbocycles. The van der Waals surface area contributed by atoms with Crippen LogP contribution in [0.1, 0.15) is 15.9 Å². The second-order valence-corrected chi connectivity index (χ2v) is 3.38. The first-order chi connectivity index (χ1) is 6.61. The predicted octanol–water partition coefficient (Wildman–Crippen LogP) is 1.40. The van der Waals surface area contributed by atoms with Crippen molar-refractivity contribution in [2.24, 2.45) is 0 Å². The first-order valence-electron chi connectivity index (χ1n) is 3.79.